The van der Waals surface area contributed by atoms with Crippen molar-refractivity contribution in [1.29, 1.82) is 5.26 Å². The SMILES string of the molecule is CC(C)Nc1ncc(C#N)cc1Br. The Balaban J connectivity index is 2.93. The van der Waals surface area contributed by atoms with Crippen molar-refractivity contribution < 1.29 is 0 Å². The molecule has 0 unspecified atom stereocenters. The molecule has 0 radical (unpaired) electrons. The van der Waals surface area contributed by atoms with E-state index in [1.807, 2.05) is 19.9 Å². The summed E-state index contributed by atoms with van der Waals surface area (Å²) in [7, 11) is 0. The quantitative estimate of drug-likeness (QED) is 0.864. The van der Waals surface area contributed by atoms with Gasteiger partial charge in [-0.3, -0.25) is 0 Å². The molecular weight excluding hydrogens is 230 g/mol. The lowest BCUT2D eigenvalue weighted by Crippen LogP contribution is -2.11. The summed E-state index contributed by atoms with van der Waals surface area (Å²) >= 11 is 3.34. The average molecular weight is 240 g/mol. The van der Waals surface area contributed by atoms with E-state index in [1.165, 1.54) is 0 Å². The molecule has 4 heteroatoms. The molecule has 1 aromatic rings. The zero-order valence-electron chi connectivity index (χ0n) is 7.50. The van der Waals surface area contributed by atoms with Crippen LogP contribution in [0.5, 0.6) is 0 Å². The summed E-state index contributed by atoms with van der Waals surface area (Å²) in [6, 6.07) is 4.11. The van der Waals surface area contributed by atoms with Gasteiger partial charge >= 0.3 is 0 Å². The summed E-state index contributed by atoms with van der Waals surface area (Å²) in [6.45, 7) is 4.07. The van der Waals surface area contributed by atoms with Crippen molar-refractivity contribution in [1.82, 2.24) is 4.98 Å². The van der Waals surface area contributed by atoms with Crippen molar-refractivity contribution in [3.63, 3.8) is 0 Å². The Labute approximate surface area is 85.9 Å². The van der Waals surface area contributed by atoms with E-state index in [9.17, 15) is 0 Å². The first-order chi connectivity index (χ1) is 6.13. The molecule has 0 bridgehead atoms. The van der Waals surface area contributed by atoms with Crippen LogP contribution in [0.2, 0.25) is 0 Å². The van der Waals surface area contributed by atoms with Crippen molar-refractivity contribution in [2.24, 2.45) is 0 Å². The molecule has 1 N–H and O–H groups in total. The Morgan fingerprint density at radius 1 is 1.62 bits per heavy atom. The second-order valence-electron chi connectivity index (χ2n) is 2.97. The summed E-state index contributed by atoms with van der Waals surface area (Å²) in [6.07, 6.45) is 1.55. The summed E-state index contributed by atoms with van der Waals surface area (Å²) in [4.78, 5) is 4.11. The van der Waals surface area contributed by atoms with Crippen LogP contribution in [0.1, 0.15) is 19.4 Å². The van der Waals surface area contributed by atoms with Crippen LogP contribution in [0, 0.1) is 11.3 Å². The first-order valence-corrected chi connectivity index (χ1v) is 4.75. The molecule has 1 heterocycles. The van der Waals surface area contributed by atoms with Gasteiger partial charge in [0.1, 0.15) is 11.9 Å². The van der Waals surface area contributed by atoms with Crippen LogP contribution < -0.4 is 5.32 Å². The topological polar surface area (TPSA) is 48.7 Å². The number of hydrogen-bond donors (Lipinski definition) is 1. The van der Waals surface area contributed by atoms with Gasteiger partial charge in [0.25, 0.3) is 0 Å². The van der Waals surface area contributed by atoms with Gasteiger partial charge in [0.2, 0.25) is 0 Å². The van der Waals surface area contributed by atoms with Gasteiger partial charge in [-0.15, -0.1) is 0 Å². The van der Waals surface area contributed by atoms with Crippen molar-refractivity contribution in [3.8, 4) is 6.07 Å². The fourth-order valence-electron chi connectivity index (χ4n) is 0.879. The molecule has 0 aliphatic heterocycles. The number of hydrogen-bond acceptors (Lipinski definition) is 3. The minimum atomic E-state index is 0.330. The Kier molecular flexibility index (Phi) is 3.26. The predicted octanol–water partition coefficient (Wildman–Crippen LogP) is 2.54. The Morgan fingerprint density at radius 3 is 2.77 bits per heavy atom. The van der Waals surface area contributed by atoms with E-state index >= 15 is 0 Å². The predicted molar refractivity (Wildman–Crippen MR) is 55.4 cm³/mol. The van der Waals surface area contributed by atoms with Crippen LogP contribution in [0.3, 0.4) is 0 Å². The van der Waals surface area contributed by atoms with Crippen molar-refractivity contribution in [2.75, 3.05) is 5.32 Å². The molecule has 0 aromatic carbocycles. The molecule has 0 saturated carbocycles. The highest BCUT2D eigenvalue weighted by molar-refractivity contribution is 9.10. The van der Waals surface area contributed by atoms with Crippen molar-refractivity contribution in [2.45, 2.75) is 19.9 Å². The van der Waals surface area contributed by atoms with Crippen molar-refractivity contribution in [3.05, 3.63) is 22.3 Å². The normalized spacial score (nSPS) is 9.77. The first-order valence-electron chi connectivity index (χ1n) is 3.95. The van der Waals surface area contributed by atoms with Gasteiger partial charge < -0.3 is 5.32 Å². The summed E-state index contributed by atoms with van der Waals surface area (Å²) in [5.41, 5.74) is 0.557. The van der Waals surface area contributed by atoms with Gasteiger partial charge in [-0.1, -0.05) is 0 Å². The maximum Gasteiger partial charge on any atom is 0.140 e. The van der Waals surface area contributed by atoms with Gasteiger partial charge in [0, 0.05) is 12.2 Å². The Morgan fingerprint density at radius 2 is 2.31 bits per heavy atom. The summed E-state index contributed by atoms with van der Waals surface area (Å²) < 4.78 is 0.820. The van der Waals surface area contributed by atoms with Crippen LogP contribution in [-0.4, -0.2) is 11.0 Å². The van der Waals surface area contributed by atoms with Crippen LogP contribution in [0.15, 0.2) is 16.7 Å². The van der Waals surface area contributed by atoms with E-state index in [0.717, 1.165) is 10.3 Å². The Bertz CT molecular complexity index is 341. The van der Waals surface area contributed by atoms with E-state index in [-0.39, 0.29) is 0 Å². The lowest BCUT2D eigenvalue weighted by molar-refractivity contribution is 0.887. The van der Waals surface area contributed by atoms with Crippen LogP contribution in [0.4, 0.5) is 5.82 Å². The largest absolute Gasteiger partial charge is 0.367 e. The maximum absolute atomic E-state index is 8.60. The lowest BCUT2D eigenvalue weighted by Gasteiger charge is -2.10. The van der Waals surface area contributed by atoms with E-state index in [1.54, 1.807) is 12.3 Å². The molecule has 13 heavy (non-hydrogen) atoms. The van der Waals surface area contributed by atoms with Gasteiger partial charge in [-0.2, -0.15) is 5.26 Å². The van der Waals surface area contributed by atoms with E-state index in [0.29, 0.717) is 11.6 Å². The fourth-order valence-corrected chi connectivity index (χ4v) is 1.34. The molecule has 1 aromatic heterocycles. The third-order valence-electron chi connectivity index (χ3n) is 1.40. The number of nitrogens with zero attached hydrogens (tertiary/aromatic N) is 2. The molecule has 0 aliphatic carbocycles. The van der Waals surface area contributed by atoms with E-state index in [2.05, 4.69) is 26.2 Å². The van der Waals surface area contributed by atoms with Gasteiger partial charge in [0.05, 0.1) is 10.0 Å². The molecule has 3 nitrogen and oxygen atoms in total. The molecule has 0 spiro atoms. The smallest absolute Gasteiger partial charge is 0.140 e. The van der Waals surface area contributed by atoms with Crippen LogP contribution in [0.25, 0.3) is 0 Å². The molecule has 0 fully saturated rings. The minimum Gasteiger partial charge on any atom is -0.367 e. The van der Waals surface area contributed by atoms with Crippen LogP contribution in [-0.2, 0) is 0 Å². The standard InChI is InChI=1S/C9H10BrN3/c1-6(2)13-9-8(10)3-7(4-11)5-12-9/h3,5-6H,1-2H3,(H,12,13). The van der Waals surface area contributed by atoms with Gasteiger partial charge in [-0.25, -0.2) is 4.98 Å². The number of nitriles is 1. The minimum absolute atomic E-state index is 0.330. The summed E-state index contributed by atoms with van der Waals surface area (Å²) in [5.74, 6) is 0.772. The Hall–Kier alpha value is -1.08. The van der Waals surface area contributed by atoms with Crippen LogP contribution >= 0.6 is 15.9 Å². The number of halogens is 1. The summed E-state index contributed by atoms with van der Waals surface area (Å²) in [5, 5.41) is 11.8. The highest BCUT2D eigenvalue weighted by atomic mass is 79.9. The number of anilines is 1. The molecule has 0 amide bonds. The molecule has 0 aliphatic rings. The third-order valence-corrected chi connectivity index (χ3v) is 2.00. The number of aromatic nitrogens is 1. The van der Waals surface area contributed by atoms with E-state index < -0.39 is 0 Å². The number of rotatable bonds is 2. The van der Waals surface area contributed by atoms with Gasteiger partial charge in [0.15, 0.2) is 0 Å². The zero-order chi connectivity index (χ0) is 9.84. The first kappa shape index (κ1) is 10.0. The van der Waals surface area contributed by atoms with Crippen molar-refractivity contribution >= 4 is 21.7 Å². The monoisotopic (exact) mass is 239 g/mol. The molecule has 1 rings (SSSR count). The number of nitrogens with one attached hydrogen (secondary N) is 1. The second kappa shape index (κ2) is 4.24. The highest BCUT2D eigenvalue weighted by Crippen LogP contribution is 2.20. The second-order valence-corrected chi connectivity index (χ2v) is 3.82. The average Bonchev–Trinajstić information content (AvgIpc) is 2.08. The zero-order valence-corrected chi connectivity index (χ0v) is 9.09. The van der Waals surface area contributed by atoms with E-state index in [4.69, 9.17) is 5.26 Å². The maximum atomic E-state index is 8.60. The molecule has 0 saturated heterocycles. The lowest BCUT2D eigenvalue weighted by atomic mass is 10.3. The molecular formula is C9H10BrN3. The van der Waals surface area contributed by atoms with Gasteiger partial charge in [-0.05, 0) is 35.8 Å². The fraction of sp³-hybridized carbons (Fsp3) is 0.333. The molecule has 0 atom stereocenters. The number of pyridine rings is 1. The highest BCUT2D eigenvalue weighted by Gasteiger charge is 2.03. The third kappa shape index (κ3) is 2.71. The molecule has 68 valence electrons.